The number of rotatable bonds is 4. The van der Waals surface area contributed by atoms with Crippen molar-refractivity contribution < 1.29 is 13.2 Å². The Balaban J connectivity index is 1.58. The molecule has 6 nitrogen and oxygen atoms in total. The lowest BCUT2D eigenvalue weighted by Crippen LogP contribution is -2.36. The summed E-state index contributed by atoms with van der Waals surface area (Å²) in [5.41, 5.74) is 2.95. The normalized spacial score (nSPS) is 22.1. The highest BCUT2D eigenvalue weighted by Gasteiger charge is 2.28. The molecule has 0 atom stereocenters. The van der Waals surface area contributed by atoms with Crippen molar-refractivity contribution in [2.45, 2.75) is 39.5 Å². The lowest BCUT2D eigenvalue weighted by molar-refractivity contribution is 0.0946. The van der Waals surface area contributed by atoms with Gasteiger partial charge in [0.15, 0.2) is 0 Å². The van der Waals surface area contributed by atoms with Gasteiger partial charge in [0, 0.05) is 25.3 Å². The maximum absolute atomic E-state index is 12.3. The van der Waals surface area contributed by atoms with E-state index in [2.05, 4.69) is 24.1 Å². The Morgan fingerprint density at radius 2 is 2.17 bits per heavy atom. The van der Waals surface area contributed by atoms with Gasteiger partial charge in [-0.15, -0.1) is 0 Å². The van der Waals surface area contributed by atoms with Gasteiger partial charge in [-0.1, -0.05) is 19.9 Å². The fourth-order valence-electron chi connectivity index (χ4n) is 3.42. The van der Waals surface area contributed by atoms with Gasteiger partial charge >= 0.3 is 0 Å². The Hall–Kier alpha value is -1.47. The number of fused-ring (bicyclic) bond motifs is 1. The summed E-state index contributed by atoms with van der Waals surface area (Å²) < 4.78 is 24.9. The minimum absolute atomic E-state index is 0.212. The van der Waals surface area contributed by atoms with E-state index in [0.717, 1.165) is 25.0 Å². The number of nitrogens with zero attached hydrogens (tertiary/aromatic N) is 2. The van der Waals surface area contributed by atoms with Crippen LogP contribution in [0.5, 0.6) is 0 Å². The van der Waals surface area contributed by atoms with Gasteiger partial charge in [-0.05, 0) is 42.7 Å². The molecular weight excluding hydrogens is 326 g/mol. The molecule has 0 unspecified atom stereocenters. The highest BCUT2D eigenvalue weighted by Crippen LogP contribution is 2.33. The van der Waals surface area contributed by atoms with E-state index in [1.807, 2.05) is 6.07 Å². The molecular formula is C17H25N3O3S. The molecule has 3 rings (SSSR count). The number of carbonyl (C=O) groups is 1. The lowest BCUT2D eigenvalue weighted by atomic mass is 9.76. The van der Waals surface area contributed by atoms with Crippen LogP contribution in [0.4, 0.5) is 0 Å². The number of hydrogen-bond donors (Lipinski definition) is 1. The van der Waals surface area contributed by atoms with E-state index < -0.39 is 10.0 Å². The van der Waals surface area contributed by atoms with E-state index in [1.165, 1.54) is 9.87 Å². The van der Waals surface area contributed by atoms with Crippen LogP contribution in [-0.2, 0) is 22.9 Å². The molecule has 0 spiro atoms. The molecule has 0 radical (unpaired) electrons. The fraction of sp³-hybridized carbons (Fsp3) is 0.647. The van der Waals surface area contributed by atoms with Crippen molar-refractivity contribution in [3.05, 3.63) is 29.1 Å². The number of carbonyl (C=O) groups excluding carboxylic acids is 1. The smallest absolute Gasteiger partial charge is 0.269 e. The average Bonchev–Trinajstić information content (AvgIpc) is 2.84. The summed E-state index contributed by atoms with van der Waals surface area (Å²) in [4.78, 5) is 16.8. The number of pyridine rings is 1. The highest BCUT2D eigenvalue weighted by molar-refractivity contribution is 7.89. The zero-order valence-corrected chi connectivity index (χ0v) is 15.2. The van der Waals surface area contributed by atoms with Crippen molar-refractivity contribution in [2.24, 2.45) is 5.41 Å². The average molecular weight is 351 g/mol. The standard InChI is InChI=1S/C17H25N3O3S/c1-17(2)7-6-14-13(12-17)4-5-15(19-14)16(21)18-8-10-20-9-3-11-24(20,22)23/h4-5H,3,6-12H2,1-2H3,(H,18,21). The number of hydrogen-bond acceptors (Lipinski definition) is 4. The Morgan fingerprint density at radius 3 is 2.88 bits per heavy atom. The van der Waals surface area contributed by atoms with Gasteiger partial charge in [-0.2, -0.15) is 0 Å². The van der Waals surface area contributed by atoms with Crippen LogP contribution in [0, 0.1) is 5.41 Å². The van der Waals surface area contributed by atoms with Crippen LogP contribution >= 0.6 is 0 Å². The first-order valence-electron chi connectivity index (χ1n) is 8.52. The predicted molar refractivity (Wildman–Crippen MR) is 92.4 cm³/mol. The first kappa shape index (κ1) is 17.4. The second-order valence-electron chi connectivity index (χ2n) is 7.47. The van der Waals surface area contributed by atoms with Gasteiger partial charge in [0.2, 0.25) is 10.0 Å². The molecule has 1 aromatic rings. The second kappa shape index (κ2) is 6.44. The summed E-state index contributed by atoms with van der Waals surface area (Å²) in [7, 11) is -3.11. The molecule has 24 heavy (non-hydrogen) atoms. The largest absolute Gasteiger partial charge is 0.349 e. The van der Waals surface area contributed by atoms with E-state index >= 15 is 0 Å². The van der Waals surface area contributed by atoms with Crippen molar-refractivity contribution in [1.82, 2.24) is 14.6 Å². The Kier molecular flexibility index (Phi) is 4.66. The Bertz CT molecular complexity index is 743. The summed E-state index contributed by atoms with van der Waals surface area (Å²) in [6, 6.07) is 3.77. The Morgan fingerprint density at radius 1 is 1.38 bits per heavy atom. The molecule has 0 bridgehead atoms. The first-order valence-corrected chi connectivity index (χ1v) is 10.1. The Labute approximate surface area is 143 Å². The monoisotopic (exact) mass is 351 g/mol. The van der Waals surface area contributed by atoms with Crippen LogP contribution in [0.1, 0.15) is 48.4 Å². The van der Waals surface area contributed by atoms with Crippen LogP contribution in [-0.4, -0.2) is 49.0 Å². The minimum Gasteiger partial charge on any atom is -0.349 e. The van der Waals surface area contributed by atoms with Crippen LogP contribution in [0.3, 0.4) is 0 Å². The number of sulfonamides is 1. The van der Waals surface area contributed by atoms with Gasteiger partial charge < -0.3 is 5.32 Å². The molecule has 1 saturated heterocycles. The summed E-state index contributed by atoms with van der Waals surface area (Å²) >= 11 is 0. The molecule has 1 N–H and O–H groups in total. The second-order valence-corrected chi connectivity index (χ2v) is 9.56. The van der Waals surface area contributed by atoms with E-state index in [4.69, 9.17) is 0 Å². The van der Waals surface area contributed by atoms with Crippen LogP contribution < -0.4 is 5.32 Å². The summed E-state index contributed by atoms with van der Waals surface area (Å²) in [6.07, 6.45) is 3.63. The predicted octanol–water partition coefficient (Wildman–Crippen LogP) is 1.36. The van der Waals surface area contributed by atoms with Crippen molar-refractivity contribution in [1.29, 1.82) is 0 Å². The molecule has 7 heteroatoms. The molecule has 1 fully saturated rings. The molecule has 1 aliphatic carbocycles. The fourth-order valence-corrected chi connectivity index (χ4v) is 4.95. The van der Waals surface area contributed by atoms with E-state index in [9.17, 15) is 13.2 Å². The van der Waals surface area contributed by atoms with Gasteiger partial charge in [0.25, 0.3) is 5.91 Å². The first-order chi connectivity index (χ1) is 11.3. The van der Waals surface area contributed by atoms with Gasteiger partial charge in [0.1, 0.15) is 5.69 Å². The summed E-state index contributed by atoms with van der Waals surface area (Å²) in [5.74, 6) is -0.0248. The van der Waals surface area contributed by atoms with Crippen LogP contribution in [0.15, 0.2) is 12.1 Å². The molecule has 1 amide bonds. The summed E-state index contributed by atoms with van der Waals surface area (Å²) in [5, 5.41) is 2.78. The number of nitrogens with one attached hydrogen (secondary N) is 1. The number of aryl methyl sites for hydroxylation is 1. The molecule has 2 aliphatic rings. The van der Waals surface area contributed by atoms with Gasteiger partial charge in [-0.3, -0.25) is 4.79 Å². The number of aromatic nitrogens is 1. The lowest BCUT2D eigenvalue weighted by Gasteiger charge is -2.30. The van der Waals surface area contributed by atoms with Crippen LogP contribution in [0.25, 0.3) is 0 Å². The molecule has 132 valence electrons. The number of amides is 1. The van der Waals surface area contributed by atoms with Crippen molar-refractivity contribution in [3.8, 4) is 0 Å². The van der Waals surface area contributed by atoms with Gasteiger partial charge in [0.05, 0.1) is 5.75 Å². The van der Waals surface area contributed by atoms with Crippen molar-refractivity contribution in [3.63, 3.8) is 0 Å². The molecule has 2 heterocycles. The van der Waals surface area contributed by atoms with E-state index in [-0.39, 0.29) is 11.7 Å². The third-order valence-corrected chi connectivity index (χ3v) is 6.82. The summed E-state index contributed by atoms with van der Waals surface area (Å²) in [6.45, 7) is 5.69. The van der Waals surface area contributed by atoms with Crippen molar-refractivity contribution in [2.75, 3.05) is 25.4 Å². The maximum Gasteiger partial charge on any atom is 0.269 e. The topological polar surface area (TPSA) is 79.4 Å². The molecule has 0 saturated carbocycles. The minimum atomic E-state index is -3.11. The zero-order chi connectivity index (χ0) is 17.4. The quantitative estimate of drug-likeness (QED) is 0.888. The van der Waals surface area contributed by atoms with Gasteiger partial charge in [-0.25, -0.2) is 17.7 Å². The molecule has 1 aromatic heterocycles. The van der Waals surface area contributed by atoms with E-state index in [0.29, 0.717) is 37.2 Å². The van der Waals surface area contributed by atoms with Crippen molar-refractivity contribution >= 4 is 15.9 Å². The van der Waals surface area contributed by atoms with Crippen LogP contribution in [0.2, 0.25) is 0 Å². The third kappa shape index (κ3) is 3.78. The highest BCUT2D eigenvalue weighted by atomic mass is 32.2. The molecule has 1 aliphatic heterocycles. The van der Waals surface area contributed by atoms with E-state index in [1.54, 1.807) is 6.07 Å². The SMILES string of the molecule is CC1(C)CCc2nc(C(=O)NCCN3CCCS3(=O)=O)ccc2C1. The molecule has 0 aromatic carbocycles. The third-order valence-electron chi connectivity index (χ3n) is 4.86. The zero-order valence-electron chi connectivity index (χ0n) is 14.3. The maximum atomic E-state index is 12.3.